The second-order valence-corrected chi connectivity index (χ2v) is 8.69. The quantitative estimate of drug-likeness (QED) is 0.728. The molecule has 26 heavy (non-hydrogen) atoms. The zero-order valence-corrected chi connectivity index (χ0v) is 16.2. The van der Waals surface area contributed by atoms with Gasteiger partial charge in [0.2, 0.25) is 5.91 Å². The van der Waals surface area contributed by atoms with Crippen LogP contribution >= 0.6 is 23.1 Å². The molecule has 1 aliphatic heterocycles. The Morgan fingerprint density at radius 3 is 3.04 bits per heavy atom. The fourth-order valence-electron chi connectivity index (χ4n) is 3.05. The number of carbonyl (C=O) groups is 1. The van der Waals surface area contributed by atoms with Gasteiger partial charge in [0, 0.05) is 16.7 Å². The number of thiazole rings is 1. The largest absolute Gasteiger partial charge is 0.497 e. The Bertz CT molecular complexity index is 957. The highest BCUT2D eigenvalue weighted by molar-refractivity contribution is 8.00. The van der Waals surface area contributed by atoms with Crippen LogP contribution in [0.4, 0.5) is 10.8 Å². The smallest absolute Gasteiger partial charge is 0.245 e. The molecule has 3 aromatic rings. The van der Waals surface area contributed by atoms with Gasteiger partial charge in [-0.15, -0.1) is 11.8 Å². The minimum Gasteiger partial charge on any atom is -0.497 e. The number of aromatic nitrogens is 1. The second kappa shape index (κ2) is 7.17. The first-order chi connectivity index (χ1) is 12.6. The summed E-state index contributed by atoms with van der Waals surface area (Å²) in [6.45, 7) is 3.36. The van der Waals surface area contributed by atoms with Gasteiger partial charge in [-0.1, -0.05) is 30.4 Å². The molecular weight excluding hydrogens is 366 g/mol. The molecule has 0 bridgehead atoms. The third-order valence-corrected chi connectivity index (χ3v) is 6.27. The van der Waals surface area contributed by atoms with Gasteiger partial charge in [-0.3, -0.25) is 4.79 Å². The van der Waals surface area contributed by atoms with Gasteiger partial charge in [-0.2, -0.15) is 0 Å². The van der Waals surface area contributed by atoms with Crippen LogP contribution in [0.1, 0.15) is 6.92 Å². The van der Waals surface area contributed by atoms with Gasteiger partial charge in [0.05, 0.1) is 29.6 Å². The first kappa shape index (κ1) is 17.2. The molecule has 1 aliphatic rings. The number of carbonyl (C=O) groups excluding carboxylic acids is 1. The fraction of sp³-hybridized carbons (Fsp3) is 0.263. The van der Waals surface area contributed by atoms with Crippen LogP contribution in [0, 0.1) is 0 Å². The third-order valence-electron chi connectivity index (χ3n) is 4.19. The monoisotopic (exact) mass is 385 g/mol. The van der Waals surface area contributed by atoms with E-state index in [-0.39, 0.29) is 5.91 Å². The molecule has 0 saturated carbocycles. The number of thioether (sulfide) groups is 1. The van der Waals surface area contributed by atoms with Gasteiger partial charge >= 0.3 is 0 Å². The molecule has 5 nitrogen and oxygen atoms in total. The van der Waals surface area contributed by atoms with Gasteiger partial charge in [0.15, 0.2) is 5.13 Å². The van der Waals surface area contributed by atoms with Gasteiger partial charge < -0.3 is 15.0 Å². The molecule has 0 fully saturated rings. The summed E-state index contributed by atoms with van der Waals surface area (Å²) in [5.41, 5.74) is 1.99. The highest BCUT2D eigenvalue weighted by atomic mass is 32.2. The summed E-state index contributed by atoms with van der Waals surface area (Å²) >= 11 is 3.32. The lowest BCUT2D eigenvalue weighted by molar-refractivity contribution is -0.115. The maximum absolute atomic E-state index is 12.6. The Balaban J connectivity index is 1.49. The Morgan fingerprint density at radius 2 is 2.19 bits per heavy atom. The zero-order chi connectivity index (χ0) is 18.1. The molecule has 1 aromatic heterocycles. The molecule has 134 valence electrons. The van der Waals surface area contributed by atoms with Crippen LogP contribution in [0.2, 0.25) is 0 Å². The lowest BCUT2D eigenvalue weighted by Gasteiger charge is -2.33. The summed E-state index contributed by atoms with van der Waals surface area (Å²) < 4.78 is 6.23. The van der Waals surface area contributed by atoms with Crippen molar-refractivity contribution in [1.82, 2.24) is 4.98 Å². The van der Waals surface area contributed by atoms with Gasteiger partial charge in [-0.25, -0.2) is 4.98 Å². The number of hydrogen-bond donors (Lipinski definition) is 1. The Labute approximate surface area is 160 Å². The van der Waals surface area contributed by atoms with Crippen molar-refractivity contribution in [3.8, 4) is 5.75 Å². The molecule has 2 heterocycles. The van der Waals surface area contributed by atoms with Crippen molar-refractivity contribution >= 4 is 50.0 Å². The lowest BCUT2D eigenvalue weighted by Crippen LogP contribution is -2.39. The van der Waals surface area contributed by atoms with Crippen molar-refractivity contribution in [2.45, 2.75) is 17.1 Å². The van der Waals surface area contributed by atoms with E-state index in [4.69, 9.17) is 4.74 Å². The minimum atomic E-state index is -0.0510. The average molecular weight is 386 g/mol. The number of amides is 1. The molecule has 1 N–H and O–H groups in total. The van der Waals surface area contributed by atoms with Crippen molar-refractivity contribution in [2.24, 2.45) is 0 Å². The summed E-state index contributed by atoms with van der Waals surface area (Å²) in [5, 5.41) is 4.01. The Kier molecular flexibility index (Phi) is 4.74. The number of rotatable bonds is 4. The number of para-hydroxylation sites is 1. The van der Waals surface area contributed by atoms with E-state index in [1.807, 2.05) is 42.1 Å². The van der Waals surface area contributed by atoms with Crippen LogP contribution in [-0.2, 0) is 4.79 Å². The van der Waals surface area contributed by atoms with Crippen LogP contribution in [0.25, 0.3) is 10.2 Å². The fourth-order valence-corrected chi connectivity index (χ4v) is 5.12. The predicted molar refractivity (Wildman–Crippen MR) is 109 cm³/mol. The zero-order valence-electron chi connectivity index (χ0n) is 14.6. The molecule has 1 amide bonds. The molecule has 7 heteroatoms. The summed E-state index contributed by atoms with van der Waals surface area (Å²) in [5.74, 6) is 0.736. The van der Waals surface area contributed by atoms with E-state index in [0.717, 1.165) is 28.2 Å². The van der Waals surface area contributed by atoms with Crippen molar-refractivity contribution in [1.29, 1.82) is 0 Å². The van der Waals surface area contributed by atoms with E-state index in [1.54, 1.807) is 7.11 Å². The number of benzene rings is 2. The maximum Gasteiger partial charge on any atom is 0.245 e. The van der Waals surface area contributed by atoms with Crippen LogP contribution < -0.4 is 15.0 Å². The molecule has 0 aliphatic carbocycles. The number of nitrogens with zero attached hydrogens (tertiary/aromatic N) is 2. The van der Waals surface area contributed by atoms with E-state index in [2.05, 4.69) is 34.3 Å². The first-order valence-corrected chi connectivity index (χ1v) is 10.1. The maximum atomic E-state index is 12.6. The molecule has 4 rings (SSSR count). The number of fused-ring (bicyclic) bond motifs is 2. The number of methoxy groups -OCH3 is 1. The molecule has 0 spiro atoms. The van der Waals surface area contributed by atoms with E-state index < -0.39 is 0 Å². The molecule has 1 atom stereocenters. The van der Waals surface area contributed by atoms with Crippen LogP contribution in [-0.4, -0.2) is 36.3 Å². The van der Waals surface area contributed by atoms with Crippen molar-refractivity contribution in [2.75, 3.05) is 30.4 Å². The van der Waals surface area contributed by atoms with Crippen molar-refractivity contribution in [3.05, 3.63) is 42.5 Å². The Hall–Kier alpha value is -2.25. The van der Waals surface area contributed by atoms with E-state index in [9.17, 15) is 4.79 Å². The van der Waals surface area contributed by atoms with Gasteiger partial charge in [-0.05, 0) is 30.3 Å². The molecule has 0 unspecified atom stereocenters. The van der Waals surface area contributed by atoms with E-state index >= 15 is 0 Å². The van der Waals surface area contributed by atoms with Crippen LogP contribution in [0.3, 0.4) is 0 Å². The third kappa shape index (κ3) is 3.50. The number of ether oxygens (including phenoxy) is 1. The van der Waals surface area contributed by atoms with E-state index in [1.165, 1.54) is 16.2 Å². The van der Waals surface area contributed by atoms with Gasteiger partial charge in [0.1, 0.15) is 5.75 Å². The topological polar surface area (TPSA) is 54.5 Å². The summed E-state index contributed by atoms with van der Waals surface area (Å²) in [6.07, 6.45) is 0. The second-order valence-electron chi connectivity index (χ2n) is 6.18. The molecular formula is C19H19N3O2S2. The SMILES string of the molecule is COc1ccc2nc(NC(=O)CN3C[C@@H](C)Sc4ccccc43)sc2c1. The first-order valence-electron chi connectivity index (χ1n) is 8.37. The molecule has 0 radical (unpaired) electrons. The summed E-state index contributed by atoms with van der Waals surface area (Å²) in [4.78, 5) is 20.4. The summed E-state index contributed by atoms with van der Waals surface area (Å²) in [7, 11) is 1.64. The highest BCUT2D eigenvalue weighted by Crippen LogP contribution is 2.38. The summed E-state index contributed by atoms with van der Waals surface area (Å²) in [6, 6.07) is 14.0. The standard InChI is InChI=1S/C19H19N3O2S2/c1-12-10-22(15-5-3-4-6-16(15)25-12)11-18(23)21-19-20-14-8-7-13(24-2)9-17(14)26-19/h3-9,12H,10-11H2,1-2H3,(H,20,21,23)/t12-/m1/s1. The van der Waals surface area contributed by atoms with Crippen molar-refractivity contribution < 1.29 is 9.53 Å². The number of hydrogen-bond acceptors (Lipinski definition) is 6. The number of nitrogens with one attached hydrogen (secondary N) is 1. The van der Waals surface area contributed by atoms with Crippen molar-refractivity contribution in [3.63, 3.8) is 0 Å². The lowest BCUT2D eigenvalue weighted by atomic mass is 10.2. The average Bonchev–Trinajstić information content (AvgIpc) is 3.02. The van der Waals surface area contributed by atoms with Crippen LogP contribution in [0.15, 0.2) is 47.4 Å². The van der Waals surface area contributed by atoms with Gasteiger partial charge in [0.25, 0.3) is 0 Å². The molecule has 0 saturated heterocycles. The number of anilines is 2. The Morgan fingerprint density at radius 1 is 1.35 bits per heavy atom. The van der Waals surface area contributed by atoms with Crippen LogP contribution in [0.5, 0.6) is 5.75 Å². The highest BCUT2D eigenvalue weighted by Gasteiger charge is 2.24. The predicted octanol–water partition coefficient (Wildman–Crippen LogP) is 4.24. The molecule has 2 aromatic carbocycles. The van der Waals surface area contributed by atoms with E-state index in [0.29, 0.717) is 16.9 Å². The normalized spacial score (nSPS) is 16.4. The minimum absolute atomic E-state index is 0.0510.